The summed E-state index contributed by atoms with van der Waals surface area (Å²) in [7, 11) is -0.683. The molecule has 0 spiro atoms. The molecule has 0 aliphatic rings. The summed E-state index contributed by atoms with van der Waals surface area (Å²) < 4.78 is 39.3. The molecule has 0 amide bonds. The Hall–Kier alpha value is -2.99. The monoisotopic (exact) mass is 411 g/mol. The molecule has 0 saturated carbocycles. The highest BCUT2D eigenvalue weighted by Crippen LogP contribution is 2.35. The molecule has 0 aliphatic carbocycles. The molecule has 0 radical (unpaired) electrons. The van der Waals surface area contributed by atoms with Crippen molar-refractivity contribution in [2.45, 2.75) is 24.8 Å². The third kappa shape index (κ3) is 4.38. The minimum atomic E-state index is -3.83. The maximum Gasteiger partial charge on any atom is 0.264 e. The molecule has 0 aliphatic heterocycles. The van der Waals surface area contributed by atoms with Crippen molar-refractivity contribution in [3.05, 3.63) is 83.9 Å². The Kier molecular flexibility index (Phi) is 6.13. The quantitative estimate of drug-likeness (QED) is 0.551. The van der Waals surface area contributed by atoms with Crippen LogP contribution in [0.4, 0.5) is 5.69 Å². The van der Waals surface area contributed by atoms with Gasteiger partial charge in [0.2, 0.25) is 0 Å². The fourth-order valence-electron chi connectivity index (χ4n) is 3.23. The number of sulfonamides is 1. The van der Waals surface area contributed by atoms with Gasteiger partial charge in [-0.05, 0) is 73.5 Å². The number of hydrogen-bond donors (Lipinski definition) is 0. The molecule has 0 heterocycles. The van der Waals surface area contributed by atoms with Crippen LogP contribution in [0.3, 0.4) is 0 Å². The van der Waals surface area contributed by atoms with Gasteiger partial charge in [-0.2, -0.15) is 0 Å². The third-order valence-electron chi connectivity index (χ3n) is 4.80. The average molecular weight is 412 g/mol. The highest BCUT2D eigenvalue weighted by molar-refractivity contribution is 7.92. The van der Waals surface area contributed by atoms with Gasteiger partial charge < -0.3 is 9.47 Å². The number of aryl methyl sites for hydroxylation is 1. The Balaban J connectivity index is 2.14. The number of benzene rings is 3. The van der Waals surface area contributed by atoms with Crippen molar-refractivity contribution in [2.75, 3.05) is 18.5 Å². The van der Waals surface area contributed by atoms with Gasteiger partial charge in [0.1, 0.15) is 11.5 Å². The van der Waals surface area contributed by atoms with Crippen molar-refractivity contribution < 1.29 is 17.9 Å². The van der Waals surface area contributed by atoms with Crippen molar-refractivity contribution >= 4 is 15.7 Å². The predicted octanol–water partition coefficient (Wildman–Crippen LogP) is 4.97. The molecule has 6 heteroatoms. The lowest BCUT2D eigenvalue weighted by molar-refractivity contribution is 0.414. The lowest BCUT2D eigenvalue weighted by Gasteiger charge is -2.31. The fraction of sp³-hybridized carbons (Fsp3) is 0.217. The molecule has 0 bridgehead atoms. The Bertz CT molecular complexity index is 1080. The van der Waals surface area contributed by atoms with Crippen LogP contribution in [0.5, 0.6) is 11.5 Å². The van der Waals surface area contributed by atoms with Gasteiger partial charge in [0.15, 0.2) is 0 Å². The zero-order valence-corrected chi connectivity index (χ0v) is 17.8. The van der Waals surface area contributed by atoms with Gasteiger partial charge in [0, 0.05) is 0 Å². The van der Waals surface area contributed by atoms with Gasteiger partial charge in [0.25, 0.3) is 10.0 Å². The van der Waals surface area contributed by atoms with Crippen molar-refractivity contribution in [1.29, 1.82) is 0 Å². The Morgan fingerprint density at radius 1 is 0.828 bits per heavy atom. The smallest absolute Gasteiger partial charge is 0.264 e. The van der Waals surface area contributed by atoms with Crippen LogP contribution in [0.2, 0.25) is 0 Å². The molecule has 0 fully saturated rings. The largest absolute Gasteiger partial charge is 0.497 e. The number of rotatable bonds is 7. The van der Waals surface area contributed by atoms with E-state index in [-0.39, 0.29) is 4.90 Å². The lowest BCUT2D eigenvalue weighted by Crippen LogP contribution is -2.33. The zero-order chi connectivity index (χ0) is 21.0. The maximum absolute atomic E-state index is 13.7. The van der Waals surface area contributed by atoms with Gasteiger partial charge >= 0.3 is 0 Å². The minimum Gasteiger partial charge on any atom is -0.497 e. The molecule has 5 nitrogen and oxygen atoms in total. The van der Waals surface area contributed by atoms with E-state index in [2.05, 4.69) is 0 Å². The van der Waals surface area contributed by atoms with Crippen LogP contribution >= 0.6 is 0 Å². The first kappa shape index (κ1) is 20.7. The first-order valence-electron chi connectivity index (χ1n) is 9.26. The Morgan fingerprint density at radius 3 is 2.10 bits per heavy atom. The van der Waals surface area contributed by atoms with E-state index in [1.807, 2.05) is 62.4 Å². The second-order valence-corrected chi connectivity index (χ2v) is 8.58. The van der Waals surface area contributed by atoms with E-state index in [0.29, 0.717) is 17.2 Å². The molecule has 0 unspecified atom stereocenters. The molecule has 29 heavy (non-hydrogen) atoms. The molecule has 0 N–H and O–H groups in total. The number of methoxy groups -OCH3 is 2. The van der Waals surface area contributed by atoms with Gasteiger partial charge in [-0.25, -0.2) is 8.42 Å². The van der Waals surface area contributed by atoms with Gasteiger partial charge in [-0.3, -0.25) is 4.31 Å². The molecule has 1 atom stereocenters. The highest BCUT2D eigenvalue weighted by atomic mass is 32.2. The second-order valence-electron chi connectivity index (χ2n) is 6.77. The summed E-state index contributed by atoms with van der Waals surface area (Å²) in [4.78, 5) is 0.203. The van der Waals surface area contributed by atoms with Crippen molar-refractivity contribution in [1.82, 2.24) is 0 Å². The first-order valence-corrected chi connectivity index (χ1v) is 10.7. The summed E-state index contributed by atoms with van der Waals surface area (Å²) in [6, 6.07) is 20.9. The van der Waals surface area contributed by atoms with E-state index in [0.717, 1.165) is 11.1 Å². The summed E-state index contributed by atoms with van der Waals surface area (Å²) in [5.41, 5.74) is 2.43. The molecule has 0 saturated heterocycles. The van der Waals surface area contributed by atoms with Crippen LogP contribution < -0.4 is 13.8 Å². The van der Waals surface area contributed by atoms with Crippen LogP contribution in [0, 0.1) is 6.92 Å². The van der Waals surface area contributed by atoms with Gasteiger partial charge in [-0.15, -0.1) is 0 Å². The number of anilines is 1. The van der Waals surface area contributed by atoms with Crippen LogP contribution in [-0.2, 0) is 10.0 Å². The topological polar surface area (TPSA) is 55.8 Å². The van der Waals surface area contributed by atoms with E-state index in [9.17, 15) is 8.42 Å². The first-order chi connectivity index (χ1) is 13.9. The van der Waals surface area contributed by atoms with Crippen LogP contribution in [-0.4, -0.2) is 22.6 Å². The minimum absolute atomic E-state index is 0.203. The van der Waals surface area contributed by atoms with E-state index in [4.69, 9.17) is 9.47 Å². The summed E-state index contributed by atoms with van der Waals surface area (Å²) in [6.07, 6.45) is 0. The molecule has 3 rings (SSSR count). The van der Waals surface area contributed by atoms with Crippen molar-refractivity contribution in [3.63, 3.8) is 0 Å². The van der Waals surface area contributed by atoms with Crippen LogP contribution in [0.1, 0.15) is 24.1 Å². The van der Waals surface area contributed by atoms with E-state index in [1.54, 1.807) is 38.5 Å². The average Bonchev–Trinajstić information content (AvgIpc) is 2.73. The van der Waals surface area contributed by atoms with Crippen LogP contribution in [0.25, 0.3) is 0 Å². The molecule has 0 aromatic heterocycles. The summed E-state index contributed by atoms with van der Waals surface area (Å²) >= 11 is 0. The zero-order valence-electron chi connectivity index (χ0n) is 17.0. The third-order valence-corrected chi connectivity index (χ3v) is 6.71. The Morgan fingerprint density at radius 2 is 1.48 bits per heavy atom. The van der Waals surface area contributed by atoms with E-state index < -0.39 is 16.1 Å². The lowest BCUT2D eigenvalue weighted by atomic mass is 10.1. The summed E-state index contributed by atoms with van der Waals surface area (Å²) in [5.74, 6) is 1.28. The molecule has 3 aromatic carbocycles. The summed E-state index contributed by atoms with van der Waals surface area (Å²) in [6.45, 7) is 3.82. The molecular weight excluding hydrogens is 386 g/mol. The number of ether oxygens (including phenoxy) is 2. The fourth-order valence-corrected chi connectivity index (χ4v) is 4.87. The van der Waals surface area contributed by atoms with Crippen molar-refractivity contribution in [2.24, 2.45) is 0 Å². The standard InChI is InChI=1S/C23H25NO4S/c1-17-7-5-9-20(15-17)24(18(2)19-8-6-10-22(16-19)28-4)29(25,26)23-13-11-21(27-3)12-14-23/h5-16,18H,1-4H3/t18-/m0/s1. The predicted molar refractivity (Wildman–Crippen MR) is 115 cm³/mol. The van der Waals surface area contributed by atoms with Crippen molar-refractivity contribution in [3.8, 4) is 11.5 Å². The maximum atomic E-state index is 13.7. The van der Waals surface area contributed by atoms with Gasteiger partial charge in [0.05, 0.1) is 30.8 Å². The molecule has 152 valence electrons. The second kappa shape index (κ2) is 8.57. The Labute approximate surface area is 172 Å². The molecular formula is C23H25NO4S. The van der Waals surface area contributed by atoms with Crippen LogP contribution in [0.15, 0.2) is 77.7 Å². The number of hydrogen-bond acceptors (Lipinski definition) is 4. The SMILES string of the molecule is COc1ccc(S(=O)(=O)N(c2cccc(C)c2)[C@@H](C)c2cccc(OC)c2)cc1. The number of nitrogens with zero attached hydrogens (tertiary/aromatic N) is 1. The normalized spacial score (nSPS) is 12.3. The van der Waals surface area contributed by atoms with E-state index >= 15 is 0 Å². The van der Waals surface area contributed by atoms with E-state index in [1.165, 1.54) is 4.31 Å². The molecule has 3 aromatic rings. The van der Waals surface area contributed by atoms with Gasteiger partial charge in [-0.1, -0.05) is 24.3 Å². The highest BCUT2D eigenvalue weighted by Gasteiger charge is 2.30. The summed E-state index contributed by atoms with van der Waals surface area (Å²) in [5, 5.41) is 0.